The number of rotatable bonds is 5. The summed E-state index contributed by atoms with van der Waals surface area (Å²) < 4.78 is 0. The van der Waals surface area contributed by atoms with Crippen LogP contribution in [0.1, 0.15) is 25.5 Å². The molecule has 0 amide bonds. The molecule has 6 nitrogen and oxygen atoms in total. The highest BCUT2D eigenvalue weighted by Gasteiger charge is 2.39. The molecule has 1 aromatic rings. The Bertz CT molecular complexity index is 549. The molecule has 1 heterocycles. The van der Waals surface area contributed by atoms with Crippen LogP contribution in [0, 0.1) is 15.5 Å². The molecule has 1 fully saturated rings. The Labute approximate surface area is 147 Å². The van der Waals surface area contributed by atoms with Crippen molar-refractivity contribution >= 4 is 29.7 Å². The van der Waals surface area contributed by atoms with Gasteiger partial charge in [-0.05, 0) is 12.1 Å². The second kappa shape index (κ2) is 8.26. The van der Waals surface area contributed by atoms with E-state index in [1.54, 1.807) is 6.07 Å². The quantitative estimate of drug-likeness (QED) is 0.620. The van der Waals surface area contributed by atoms with Gasteiger partial charge in [-0.15, -0.1) is 12.4 Å². The summed E-state index contributed by atoms with van der Waals surface area (Å²) in [5.74, 6) is 0. The largest absolute Gasteiger partial charge is 0.396 e. The molecule has 23 heavy (non-hydrogen) atoms. The molecule has 0 radical (unpaired) electrons. The van der Waals surface area contributed by atoms with E-state index in [9.17, 15) is 15.2 Å². The van der Waals surface area contributed by atoms with Crippen molar-refractivity contribution in [1.82, 2.24) is 10.2 Å². The van der Waals surface area contributed by atoms with Crippen LogP contribution in [-0.2, 0) is 0 Å². The number of halogens is 2. The molecule has 1 aromatic carbocycles. The molecule has 0 saturated carbocycles. The lowest BCUT2D eigenvalue weighted by Gasteiger charge is -2.43. The van der Waals surface area contributed by atoms with Crippen molar-refractivity contribution in [3.8, 4) is 0 Å². The minimum Gasteiger partial charge on any atom is -0.396 e. The van der Waals surface area contributed by atoms with Gasteiger partial charge in [-0.1, -0.05) is 25.4 Å². The van der Waals surface area contributed by atoms with Crippen molar-refractivity contribution in [3.63, 3.8) is 0 Å². The highest BCUT2D eigenvalue weighted by molar-refractivity contribution is 6.30. The molecule has 2 N–H and O–H groups in total. The highest BCUT2D eigenvalue weighted by atomic mass is 35.5. The lowest BCUT2D eigenvalue weighted by atomic mass is 9.79. The molecule has 0 aliphatic carbocycles. The fourth-order valence-electron chi connectivity index (χ4n) is 3.05. The molecule has 1 saturated heterocycles. The maximum Gasteiger partial charge on any atom is 0.274 e. The summed E-state index contributed by atoms with van der Waals surface area (Å²) in [5, 5.41) is 25.0. The van der Waals surface area contributed by atoms with E-state index in [-0.39, 0.29) is 35.7 Å². The minimum atomic E-state index is -0.521. The van der Waals surface area contributed by atoms with E-state index in [0.717, 1.165) is 26.2 Å². The molecular weight excluding hydrogens is 341 g/mol. The van der Waals surface area contributed by atoms with Crippen molar-refractivity contribution in [2.24, 2.45) is 5.41 Å². The third-order valence-corrected chi connectivity index (χ3v) is 4.38. The van der Waals surface area contributed by atoms with Gasteiger partial charge in [0.05, 0.1) is 4.92 Å². The van der Waals surface area contributed by atoms with Crippen molar-refractivity contribution in [2.45, 2.75) is 19.9 Å². The number of nitro benzene ring substituents is 1. The van der Waals surface area contributed by atoms with Crippen LogP contribution in [0.15, 0.2) is 18.2 Å². The lowest BCUT2D eigenvalue weighted by Crippen LogP contribution is -2.49. The molecule has 0 bridgehead atoms. The number of nitro groups is 1. The summed E-state index contributed by atoms with van der Waals surface area (Å²) in [5.41, 5.74) is 0.0974. The van der Waals surface area contributed by atoms with E-state index in [1.165, 1.54) is 12.1 Å². The van der Waals surface area contributed by atoms with Gasteiger partial charge in [0.15, 0.2) is 0 Å². The zero-order valence-corrected chi connectivity index (χ0v) is 14.9. The van der Waals surface area contributed by atoms with Crippen LogP contribution in [0.5, 0.6) is 0 Å². The van der Waals surface area contributed by atoms with Crippen molar-refractivity contribution in [2.75, 3.05) is 32.8 Å². The van der Waals surface area contributed by atoms with Gasteiger partial charge in [0.25, 0.3) is 5.69 Å². The Balaban J connectivity index is 0.00000264. The van der Waals surface area contributed by atoms with E-state index < -0.39 is 5.41 Å². The average molecular weight is 364 g/mol. The molecule has 8 heteroatoms. The monoisotopic (exact) mass is 363 g/mol. The molecule has 1 aliphatic heterocycles. The van der Waals surface area contributed by atoms with Gasteiger partial charge < -0.3 is 10.4 Å². The summed E-state index contributed by atoms with van der Waals surface area (Å²) in [7, 11) is 0. The first-order valence-electron chi connectivity index (χ1n) is 7.36. The fourth-order valence-corrected chi connectivity index (χ4v) is 3.23. The third kappa shape index (κ3) is 4.55. The Kier molecular flexibility index (Phi) is 7.23. The minimum absolute atomic E-state index is 0. The number of piperazine rings is 1. The standard InChI is InChI=1S/C15H22ClN3O3.ClH/c1-15(2,10-20)14(18-7-5-17-6-8-18)12-9-11(16)3-4-13(12)19(21)22;/h3-4,9,14,17,20H,5-8,10H2,1-2H3;1H/t14-;/m1./s1. The van der Waals surface area contributed by atoms with Gasteiger partial charge in [0.2, 0.25) is 0 Å². The van der Waals surface area contributed by atoms with Crippen LogP contribution in [0.2, 0.25) is 5.02 Å². The molecule has 130 valence electrons. The van der Waals surface area contributed by atoms with Gasteiger partial charge in [-0.3, -0.25) is 15.0 Å². The van der Waals surface area contributed by atoms with E-state index in [0.29, 0.717) is 10.6 Å². The first-order valence-corrected chi connectivity index (χ1v) is 7.74. The van der Waals surface area contributed by atoms with Crippen molar-refractivity contribution in [1.29, 1.82) is 0 Å². The normalized spacial score (nSPS) is 17.4. The number of benzene rings is 1. The van der Waals surface area contributed by atoms with Gasteiger partial charge >= 0.3 is 0 Å². The van der Waals surface area contributed by atoms with Crippen LogP contribution < -0.4 is 5.32 Å². The molecule has 2 rings (SSSR count). The van der Waals surface area contributed by atoms with Gasteiger partial charge in [0, 0.05) is 60.9 Å². The van der Waals surface area contributed by atoms with E-state index in [2.05, 4.69) is 10.2 Å². The fraction of sp³-hybridized carbons (Fsp3) is 0.600. The van der Waals surface area contributed by atoms with E-state index in [4.69, 9.17) is 11.6 Å². The summed E-state index contributed by atoms with van der Waals surface area (Å²) in [6.07, 6.45) is 0. The van der Waals surface area contributed by atoms with Crippen LogP contribution >= 0.6 is 24.0 Å². The topological polar surface area (TPSA) is 78.6 Å². The highest BCUT2D eigenvalue weighted by Crippen LogP contribution is 2.42. The summed E-state index contributed by atoms with van der Waals surface area (Å²) in [4.78, 5) is 13.2. The number of nitrogens with one attached hydrogen (secondary N) is 1. The third-order valence-electron chi connectivity index (χ3n) is 4.15. The van der Waals surface area contributed by atoms with Crippen LogP contribution in [0.3, 0.4) is 0 Å². The van der Waals surface area contributed by atoms with Crippen LogP contribution in [-0.4, -0.2) is 47.7 Å². The molecule has 1 atom stereocenters. The Morgan fingerprint density at radius 1 is 1.43 bits per heavy atom. The van der Waals surface area contributed by atoms with Crippen molar-refractivity contribution in [3.05, 3.63) is 38.9 Å². The number of nitrogens with zero attached hydrogens (tertiary/aromatic N) is 2. The zero-order chi connectivity index (χ0) is 16.3. The predicted molar refractivity (Wildman–Crippen MR) is 93.4 cm³/mol. The Morgan fingerprint density at radius 2 is 2.04 bits per heavy atom. The summed E-state index contributed by atoms with van der Waals surface area (Å²) >= 11 is 6.08. The Morgan fingerprint density at radius 3 is 2.57 bits per heavy atom. The second-order valence-corrected chi connectivity index (χ2v) is 6.73. The van der Waals surface area contributed by atoms with Crippen molar-refractivity contribution < 1.29 is 10.0 Å². The SMILES string of the molecule is CC(C)(CO)[C@@H](c1cc(Cl)ccc1[N+](=O)[O-])N1CCNCC1.Cl. The zero-order valence-electron chi connectivity index (χ0n) is 13.3. The molecular formula is C15H23Cl2N3O3. The molecule has 0 unspecified atom stereocenters. The molecule has 0 spiro atoms. The summed E-state index contributed by atoms with van der Waals surface area (Å²) in [6, 6.07) is 4.37. The smallest absolute Gasteiger partial charge is 0.274 e. The second-order valence-electron chi connectivity index (χ2n) is 6.30. The van der Waals surface area contributed by atoms with E-state index >= 15 is 0 Å². The maximum absolute atomic E-state index is 11.4. The van der Waals surface area contributed by atoms with Gasteiger partial charge in [-0.2, -0.15) is 0 Å². The first-order chi connectivity index (χ1) is 10.4. The number of aliphatic hydroxyl groups is 1. The molecule has 0 aromatic heterocycles. The number of hydrogen-bond donors (Lipinski definition) is 2. The molecule has 1 aliphatic rings. The predicted octanol–water partition coefficient (Wildman–Crippen LogP) is 2.63. The van der Waals surface area contributed by atoms with Crippen LogP contribution in [0.25, 0.3) is 0 Å². The van der Waals surface area contributed by atoms with Gasteiger partial charge in [0.1, 0.15) is 0 Å². The maximum atomic E-state index is 11.4. The van der Waals surface area contributed by atoms with Crippen LogP contribution in [0.4, 0.5) is 5.69 Å². The number of aliphatic hydroxyl groups excluding tert-OH is 1. The van der Waals surface area contributed by atoms with E-state index in [1.807, 2.05) is 13.8 Å². The number of hydrogen-bond acceptors (Lipinski definition) is 5. The summed E-state index contributed by atoms with van der Waals surface area (Å²) in [6.45, 7) is 6.98. The lowest BCUT2D eigenvalue weighted by molar-refractivity contribution is -0.386. The Hall–Kier alpha value is -0.920. The first kappa shape index (κ1) is 20.1. The average Bonchev–Trinajstić information content (AvgIpc) is 2.48. The van der Waals surface area contributed by atoms with Gasteiger partial charge in [-0.25, -0.2) is 0 Å².